The topological polar surface area (TPSA) is 71.4 Å². The van der Waals surface area contributed by atoms with E-state index in [2.05, 4.69) is 15.3 Å². The van der Waals surface area contributed by atoms with Crippen molar-refractivity contribution in [3.05, 3.63) is 102 Å². The van der Waals surface area contributed by atoms with Crippen molar-refractivity contribution in [2.24, 2.45) is 0 Å². The van der Waals surface area contributed by atoms with Gasteiger partial charge in [0.2, 0.25) is 0 Å². The molecule has 0 fully saturated rings. The highest BCUT2D eigenvalue weighted by atomic mass is 19.1. The Morgan fingerprint density at radius 1 is 0.839 bits per heavy atom. The molecule has 0 atom stereocenters. The predicted octanol–water partition coefficient (Wildman–Crippen LogP) is 4.30. The summed E-state index contributed by atoms with van der Waals surface area (Å²) in [5, 5.41) is 12.8. The molecule has 0 amide bonds. The zero-order chi connectivity index (χ0) is 21.0. The highest BCUT2D eigenvalue weighted by Crippen LogP contribution is 2.20. The third kappa shape index (κ3) is 4.36. The molecule has 31 heavy (non-hydrogen) atoms. The monoisotopic (exact) mass is 412 g/mol. The molecule has 0 aliphatic heterocycles. The molecule has 0 aliphatic carbocycles. The van der Waals surface area contributed by atoms with E-state index in [1.165, 1.54) is 12.1 Å². The maximum atomic E-state index is 13.2. The van der Waals surface area contributed by atoms with Crippen LogP contribution in [0.3, 0.4) is 0 Å². The number of aromatic amines is 1. The number of benzene rings is 3. The Hall–Kier alpha value is -3.84. The molecule has 0 radical (unpaired) electrons. The molecule has 0 saturated heterocycles. The van der Waals surface area contributed by atoms with Gasteiger partial charge in [0, 0.05) is 12.1 Å². The van der Waals surface area contributed by atoms with Crippen molar-refractivity contribution >= 4 is 11.0 Å². The third-order valence-corrected chi connectivity index (χ3v) is 5.03. The normalized spacial score (nSPS) is 11.3. The lowest BCUT2D eigenvalue weighted by molar-refractivity contribution is 0.572. The van der Waals surface area contributed by atoms with Crippen molar-refractivity contribution in [3.8, 4) is 11.3 Å². The lowest BCUT2D eigenvalue weighted by Gasteiger charge is -2.02. The summed E-state index contributed by atoms with van der Waals surface area (Å²) >= 11 is 0. The summed E-state index contributed by atoms with van der Waals surface area (Å²) in [6.07, 6.45) is 0. The van der Waals surface area contributed by atoms with Gasteiger partial charge in [0.15, 0.2) is 0 Å². The minimum absolute atomic E-state index is 0.252. The lowest BCUT2D eigenvalue weighted by Crippen LogP contribution is -2.15. The van der Waals surface area contributed by atoms with E-state index in [4.69, 9.17) is 10.2 Å². The molecule has 0 saturated carbocycles. The maximum Gasteiger partial charge on any atom is 0.123 e. The number of aromatic nitrogens is 5. The molecular formula is C24H21FN6. The first-order chi connectivity index (χ1) is 15.2. The number of hydrogen-bond acceptors (Lipinski definition) is 4. The Balaban J connectivity index is 1.35. The summed E-state index contributed by atoms with van der Waals surface area (Å²) in [5.41, 5.74) is 5.61. The summed E-state index contributed by atoms with van der Waals surface area (Å²) < 4.78 is 13.2. The molecule has 3 aromatic carbocycles. The number of hydrogen-bond donors (Lipinski definition) is 2. The van der Waals surface area contributed by atoms with E-state index in [9.17, 15) is 4.39 Å². The molecule has 2 heterocycles. The Bertz CT molecular complexity index is 1260. The largest absolute Gasteiger partial charge is 0.341 e. The second-order valence-electron chi connectivity index (χ2n) is 7.32. The van der Waals surface area contributed by atoms with E-state index in [0.29, 0.717) is 19.6 Å². The van der Waals surface area contributed by atoms with Crippen LogP contribution >= 0.6 is 0 Å². The molecule has 2 N–H and O–H groups in total. The van der Waals surface area contributed by atoms with E-state index in [1.807, 2.05) is 54.6 Å². The van der Waals surface area contributed by atoms with Crippen LogP contribution < -0.4 is 5.32 Å². The van der Waals surface area contributed by atoms with Crippen LogP contribution in [0.5, 0.6) is 0 Å². The third-order valence-electron chi connectivity index (χ3n) is 5.03. The van der Waals surface area contributed by atoms with Crippen LogP contribution in [0.4, 0.5) is 4.39 Å². The van der Waals surface area contributed by atoms with E-state index in [0.717, 1.165) is 39.4 Å². The molecule has 2 aromatic heterocycles. The smallest absolute Gasteiger partial charge is 0.123 e. The van der Waals surface area contributed by atoms with Crippen molar-refractivity contribution in [1.29, 1.82) is 0 Å². The van der Waals surface area contributed by atoms with Crippen LogP contribution in [0.25, 0.3) is 22.3 Å². The molecular weight excluding hydrogens is 391 g/mol. The molecule has 0 bridgehead atoms. The number of para-hydroxylation sites is 2. The summed E-state index contributed by atoms with van der Waals surface area (Å²) in [5.74, 6) is 0.624. The lowest BCUT2D eigenvalue weighted by atomic mass is 10.1. The number of rotatable bonds is 7. The van der Waals surface area contributed by atoms with Crippen molar-refractivity contribution in [3.63, 3.8) is 0 Å². The van der Waals surface area contributed by atoms with Crippen molar-refractivity contribution < 1.29 is 4.39 Å². The van der Waals surface area contributed by atoms with Gasteiger partial charge in [-0.25, -0.2) is 9.37 Å². The fourth-order valence-corrected chi connectivity index (χ4v) is 3.53. The van der Waals surface area contributed by atoms with E-state index >= 15 is 0 Å². The van der Waals surface area contributed by atoms with Crippen LogP contribution in [-0.4, -0.2) is 25.0 Å². The van der Waals surface area contributed by atoms with Crippen LogP contribution in [-0.2, 0) is 19.6 Å². The molecule has 0 unspecified atom stereocenters. The first-order valence-corrected chi connectivity index (χ1v) is 10.1. The summed E-state index contributed by atoms with van der Waals surface area (Å²) in [4.78, 5) is 9.59. The summed E-state index contributed by atoms with van der Waals surface area (Å²) in [7, 11) is 0. The Labute approximate surface area is 178 Å². The van der Waals surface area contributed by atoms with Gasteiger partial charge in [0.25, 0.3) is 0 Å². The molecule has 5 aromatic rings. The SMILES string of the molecule is Fc1ccc(Cn2nc(CNCc3nc4ccccc4[nH]3)c(-c3ccccc3)n2)cc1. The maximum absolute atomic E-state index is 13.2. The highest BCUT2D eigenvalue weighted by molar-refractivity contribution is 5.74. The molecule has 0 aliphatic rings. The fraction of sp³-hybridized carbons (Fsp3) is 0.125. The average Bonchev–Trinajstić information content (AvgIpc) is 3.39. The van der Waals surface area contributed by atoms with Crippen molar-refractivity contribution in [1.82, 2.24) is 30.3 Å². The van der Waals surface area contributed by atoms with Gasteiger partial charge in [-0.3, -0.25) is 0 Å². The van der Waals surface area contributed by atoms with Crippen LogP contribution in [0.2, 0.25) is 0 Å². The first-order valence-electron chi connectivity index (χ1n) is 10.1. The molecule has 7 heteroatoms. The van der Waals surface area contributed by atoms with E-state index in [1.54, 1.807) is 16.9 Å². The number of nitrogens with zero attached hydrogens (tertiary/aromatic N) is 4. The molecule has 5 rings (SSSR count). The average molecular weight is 412 g/mol. The van der Waals surface area contributed by atoms with Crippen LogP contribution in [0, 0.1) is 5.82 Å². The van der Waals surface area contributed by atoms with Gasteiger partial charge in [0.1, 0.15) is 23.0 Å². The molecule has 6 nitrogen and oxygen atoms in total. The standard InChI is InChI=1S/C24H21FN6/c25-19-12-10-17(11-13-19)16-31-29-22(24(30-31)18-6-2-1-3-7-18)14-26-15-23-27-20-8-4-5-9-21(20)28-23/h1-13,26H,14-16H2,(H,27,28). The number of imidazole rings is 1. The summed E-state index contributed by atoms with van der Waals surface area (Å²) in [6, 6.07) is 24.4. The summed E-state index contributed by atoms with van der Waals surface area (Å²) in [6.45, 7) is 1.61. The zero-order valence-electron chi connectivity index (χ0n) is 16.8. The van der Waals surface area contributed by atoms with E-state index < -0.39 is 0 Å². The predicted molar refractivity (Wildman–Crippen MR) is 118 cm³/mol. The van der Waals surface area contributed by atoms with Crippen molar-refractivity contribution in [2.75, 3.05) is 0 Å². The second kappa shape index (κ2) is 8.49. The number of halogens is 1. The van der Waals surface area contributed by atoms with Gasteiger partial charge in [-0.15, -0.1) is 0 Å². The number of nitrogens with one attached hydrogen (secondary N) is 2. The Kier molecular flexibility index (Phi) is 5.24. The minimum atomic E-state index is -0.252. The zero-order valence-corrected chi connectivity index (χ0v) is 16.8. The van der Waals surface area contributed by atoms with E-state index in [-0.39, 0.29) is 5.82 Å². The molecule has 0 spiro atoms. The van der Waals surface area contributed by atoms with Gasteiger partial charge < -0.3 is 10.3 Å². The van der Waals surface area contributed by atoms with Crippen LogP contribution in [0.1, 0.15) is 17.1 Å². The second-order valence-corrected chi connectivity index (χ2v) is 7.32. The fourth-order valence-electron chi connectivity index (χ4n) is 3.53. The first kappa shape index (κ1) is 19.1. The Morgan fingerprint density at radius 3 is 2.42 bits per heavy atom. The van der Waals surface area contributed by atoms with Gasteiger partial charge in [-0.1, -0.05) is 54.6 Å². The Morgan fingerprint density at radius 2 is 1.61 bits per heavy atom. The highest BCUT2D eigenvalue weighted by Gasteiger charge is 2.14. The quantitative estimate of drug-likeness (QED) is 0.418. The number of fused-ring (bicyclic) bond motifs is 1. The van der Waals surface area contributed by atoms with Crippen LogP contribution in [0.15, 0.2) is 78.9 Å². The number of H-pyrrole nitrogens is 1. The molecule has 154 valence electrons. The van der Waals surface area contributed by atoms with Gasteiger partial charge in [-0.05, 0) is 29.8 Å². The van der Waals surface area contributed by atoms with Crippen molar-refractivity contribution in [2.45, 2.75) is 19.6 Å². The minimum Gasteiger partial charge on any atom is -0.341 e. The van der Waals surface area contributed by atoms with Gasteiger partial charge >= 0.3 is 0 Å². The van der Waals surface area contributed by atoms with Gasteiger partial charge in [0.05, 0.1) is 24.1 Å². The van der Waals surface area contributed by atoms with Gasteiger partial charge in [-0.2, -0.15) is 15.0 Å².